The monoisotopic (exact) mass is 182 g/mol. The van der Waals surface area contributed by atoms with E-state index in [0.29, 0.717) is 0 Å². The average Bonchev–Trinajstić information content (AvgIpc) is 2.64. The molecular weight excluding hydrogens is 164 g/mol. The molecule has 0 aromatic carbocycles. The topological polar surface area (TPSA) is 0 Å². The summed E-state index contributed by atoms with van der Waals surface area (Å²) in [5.41, 5.74) is 0. The van der Waals surface area contributed by atoms with E-state index in [4.69, 9.17) is 0 Å². The maximum absolute atomic E-state index is 2.22. The van der Waals surface area contributed by atoms with Crippen LogP contribution in [0.25, 0.3) is 0 Å². The normalized spacial score (nSPS) is 52.0. The Balaban J connectivity index is 1.75. The van der Waals surface area contributed by atoms with Crippen LogP contribution < -0.4 is 0 Å². The fraction of sp³-hybridized carbons (Fsp3) is 1.00. The Morgan fingerprint density at radius 1 is 0.750 bits per heavy atom. The second-order valence-corrected chi connectivity index (χ2v) is 6.05. The highest BCUT2D eigenvalue weighted by molar-refractivity contribution is 7.99. The van der Waals surface area contributed by atoms with Gasteiger partial charge in [0.1, 0.15) is 0 Å². The van der Waals surface area contributed by atoms with Crippen LogP contribution in [-0.4, -0.2) is 11.5 Å². The molecule has 4 atom stereocenters. The molecule has 0 N–H and O–H groups in total. The molecule has 3 rings (SSSR count). The minimum atomic E-state index is 1.13. The summed E-state index contributed by atoms with van der Waals surface area (Å²) < 4.78 is 0. The Morgan fingerprint density at radius 3 is 1.92 bits per heavy atom. The van der Waals surface area contributed by atoms with Crippen molar-refractivity contribution in [1.82, 2.24) is 0 Å². The molecule has 3 fully saturated rings. The number of fused-ring (bicyclic) bond motifs is 2. The number of hydrogen-bond donors (Lipinski definition) is 0. The van der Waals surface area contributed by atoms with Gasteiger partial charge in [0.2, 0.25) is 0 Å². The zero-order chi connectivity index (χ0) is 7.97. The van der Waals surface area contributed by atoms with Crippen molar-refractivity contribution in [2.75, 3.05) is 11.5 Å². The number of hydrogen-bond acceptors (Lipinski definition) is 1. The van der Waals surface area contributed by atoms with Crippen molar-refractivity contribution >= 4 is 11.8 Å². The highest BCUT2D eigenvalue weighted by atomic mass is 32.2. The van der Waals surface area contributed by atoms with Crippen molar-refractivity contribution in [3.63, 3.8) is 0 Å². The molecule has 12 heavy (non-hydrogen) atoms. The molecule has 68 valence electrons. The molecule has 1 aliphatic heterocycles. The summed E-state index contributed by atoms with van der Waals surface area (Å²) >= 11 is 2.22. The lowest BCUT2D eigenvalue weighted by molar-refractivity contribution is 0.170. The summed E-state index contributed by atoms with van der Waals surface area (Å²) in [6.07, 6.45) is 7.88. The quantitative estimate of drug-likeness (QED) is 0.554. The summed E-state index contributed by atoms with van der Waals surface area (Å²) in [7, 11) is 0. The summed E-state index contributed by atoms with van der Waals surface area (Å²) in [6, 6.07) is 0. The van der Waals surface area contributed by atoms with E-state index < -0.39 is 0 Å². The molecular formula is C11H18S. The van der Waals surface area contributed by atoms with Crippen LogP contribution in [0, 0.1) is 23.7 Å². The van der Waals surface area contributed by atoms with Crippen molar-refractivity contribution in [1.29, 1.82) is 0 Å². The van der Waals surface area contributed by atoms with Crippen LogP contribution in [0.5, 0.6) is 0 Å². The van der Waals surface area contributed by atoms with Crippen molar-refractivity contribution in [2.24, 2.45) is 23.7 Å². The van der Waals surface area contributed by atoms with Crippen LogP contribution in [0.15, 0.2) is 0 Å². The van der Waals surface area contributed by atoms with E-state index in [1.807, 2.05) is 0 Å². The highest BCUT2D eigenvalue weighted by Gasteiger charge is 2.41. The van der Waals surface area contributed by atoms with Crippen molar-refractivity contribution < 1.29 is 0 Å². The van der Waals surface area contributed by atoms with Crippen LogP contribution in [0.2, 0.25) is 0 Å². The van der Waals surface area contributed by atoms with Gasteiger partial charge in [-0.3, -0.25) is 0 Å². The molecule has 2 saturated carbocycles. The Bertz CT molecular complexity index is 142. The molecule has 0 spiro atoms. The molecule has 0 nitrogen and oxygen atoms in total. The predicted molar refractivity (Wildman–Crippen MR) is 54.4 cm³/mol. The third-order valence-electron chi connectivity index (χ3n) is 4.36. The zero-order valence-electron chi connectivity index (χ0n) is 7.67. The molecule has 0 aromatic rings. The van der Waals surface area contributed by atoms with E-state index in [9.17, 15) is 0 Å². The van der Waals surface area contributed by atoms with Crippen LogP contribution in [0.4, 0.5) is 0 Å². The Labute approximate surface area is 79.5 Å². The van der Waals surface area contributed by atoms with Gasteiger partial charge in [-0.15, -0.1) is 0 Å². The molecule has 1 heterocycles. The fourth-order valence-corrected chi connectivity index (χ4v) is 5.23. The second kappa shape index (κ2) is 2.94. The molecule has 4 unspecified atom stereocenters. The summed E-state index contributed by atoms with van der Waals surface area (Å²) in [5, 5.41) is 0. The SMILES string of the molecule is C1CC2CC3CSCC3CC2C1. The van der Waals surface area contributed by atoms with Crippen molar-refractivity contribution in [2.45, 2.75) is 32.1 Å². The van der Waals surface area contributed by atoms with Gasteiger partial charge in [0.05, 0.1) is 0 Å². The lowest BCUT2D eigenvalue weighted by Crippen LogP contribution is -2.27. The number of rotatable bonds is 0. The van der Waals surface area contributed by atoms with Crippen LogP contribution >= 0.6 is 11.8 Å². The first-order valence-electron chi connectivity index (χ1n) is 5.51. The second-order valence-electron chi connectivity index (χ2n) is 4.98. The molecule has 3 aliphatic rings. The molecule has 0 aromatic heterocycles. The van der Waals surface area contributed by atoms with Crippen LogP contribution in [-0.2, 0) is 0 Å². The van der Waals surface area contributed by atoms with E-state index in [2.05, 4.69) is 11.8 Å². The van der Waals surface area contributed by atoms with Gasteiger partial charge in [0.15, 0.2) is 0 Å². The maximum Gasteiger partial charge on any atom is -0.00360 e. The Hall–Kier alpha value is 0.350. The van der Waals surface area contributed by atoms with Crippen LogP contribution in [0.3, 0.4) is 0 Å². The fourth-order valence-electron chi connectivity index (χ4n) is 3.68. The molecule has 0 bridgehead atoms. The third kappa shape index (κ3) is 1.13. The van der Waals surface area contributed by atoms with Gasteiger partial charge in [0.25, 0.3) is 0 Å². The largest absolute Gasteiger partial charge is 0.161 e. The minimum absolute atomic E-state index is 1.13. The number of thioether (sulfide) groups is 1. The van der Waals surface area contributed by atoms with E-state index in [-0.39, 0.29) is 0 Å². The first-order chi connectivity index (χ1) is 5.93. The Morgan fingerprint density at radius 2 is 1.33 bits per heavy atom. The molecule has 0 amide bonds. The smallest absolute Gasteiger partial charge is 0.00360 e. The van der Waals surface area contributed by atoms with Gasteiger partial charge < -0.3 is 0 Å². The van der Waals surface area contributed by atoms with E-state index in [0.717, 1.165) is 23.7 Å². The average molecular weight is 182 g/mol. The molecule has 0 radical (unpaired) electrons. The summed E-state index contributed by atoms with van der Waals surface area (Å²) in [4.78, 5) is 0. The van der Waals surface area contributed by atoms with Gasteiger partial charge in [0, 0.05) is 0 Å². The van der Waals surface area contributed by atoms with E-state index in [1.54, 1.807) is 32.1 Å². The summed E-state index contributed by atoms with van der Waals surface area (Å²) in [6.45, 7) is 0. The van der Waals surface area contributed by atoms with Crippen molar-refractivity contribution in [3.05, 3.63) is 0 Å². The van der Waals surface area contributed by atoms with Gasteiger partial charge >= 0.3 is 0 Å². The van der Waals surface area contributed by atoms with E-state index >= 15 is 0 Å². The summed E-state index contributed by atoms with van der Waals surface area (Å²) in [5.74, 6) is 7.57. The predicted octanol–water partition coefficient (Wildman–Crippen LogP) is 3.18. The van der Waals surface area contributed by atoms with E-state index in [1.165, 1.54) is 11.5 Å². The molecule has 1 heteroatoms. The first-order valence-corrected chi connectivity index (χ1v) is 6.66. The highest BCUT2D eigenvalue weighted by Crippen LogP contribution is 2.50. The molecule has 1 saturated heterocycles. The Kier molecular flexibility index (Phi) is 1.89. The standard InChI is InChI=1S/C11H18S/c1-2-8-4-10-6-12-7-11(10)5-9(8)3-1/h8-11H,1-7H2. The van der Waals surface area contributed by atoms with Crippen molar-refractivity contribution in [3.8, 4) is 0 Å². The van der Waals surface area contributed by atoms with Crippen LogP contribution in [0.1, 0.15) is 32.1 Å². The van der Waals surface area contributed by atoms with Gasteiger partial charge in [-0.25, -0.2) is 0 Å². The van der Waals surface area contributed by atoms with Gasteiger partial charge in [-0.05, 0) is 48.0 Å². The first kappa shape index (κ1) is 7.73. The lowest BCUT2D eigenvalue weighted by Gasteiger charge is -2.34. The third-order valence-corrected chi connectivity index (χ3v) is 5.69. The molecule has 2 aliphatic carbocycles. The zero-order valence-corrected chi connectivity index (χ0v) is 8.48. The van der Waals surface area contributed by atoms with Gasteiger partial charge in [-0.2, -0.15) is 11.8 Å². The minimum Gasteiger partial charge on any atom is -0.161 e. The lowest BCUT2D eigenvalue weighted by atomic mass is 9.71. The van der Waals surface area contributed by atoms with Gasteiger partial charge in [-0.1, -0.05) is 19.3 Å². The maximum atomic E-state index is 2.22.